The van der Waals surface area contributed by atoms with Crippen LogP contribution in [0, 0.1) is 6.92 Å². The van der Waals surface area contributed by atoms with Crippen molar-refractivity contribution in [2.75, 3.05) is 0 Å². The molecule has 0 fully saturated rings. The maximum Gasteiger partial charge on any atom is 0.248 e. The molecule has 7 rings (SSSR count). The molecule has 7 aromatic rings. The summed E-state index contributed by atoms with van der Waals surface area (Å²) >= 11 is 0. The summed E-state index contributed by atoms with van der Waals surface area (Å²) in [5.41, 5.74) is 8.94. The Kier molecular flexibility index (Phi) is 4.96. The number of hydrogen-bond acceptors (Lipinski definition) is 3. The zero-order valence-corrected chi connectivity index (χ0v) is 20.3. The van der Waals surface area contributed by atoms with E-state index in [0.717, 1.165) is 16.8 Å². The largest absolute Gasteiger partial charge is 0.416 e. The van der Waals surface area contributed by atoms with Crippen molar-refractivity contribution in [3.05, 3.63) is 127 Å². The molecule has 4 nitrogen and oxygen atoms in total. The van der Waals surface area contributed by atoms with Gasteiger partial charge in [0.1, 0.15) is 0 Å². The molecule has 176 valence electrons. The average Bonchev–Trinajstić information content (AvgIpc) is 3.57. The van der Waals surface area contributed by atoms with Crippen LogP contribution in [0.2, 0.25) is 0 Å². The van der Waals surface area contributed by atoms with Crippen molar-refractivity contribution in [2.24, 2.45) is 0 Å². The minimum absolute atomic E-state index is 0.510. The Morgan fingerprint density at radius 3 is 1.86 bits per heavy atom. The molecular weight excluding hydrogens is 454 g/mol. The van der Waals surface area contributed by atoms with Crippen molar-refractivity contribution in [1.29, 1.82) is 0 Å². The van der Waals surface area contributed by atoms with Crippen LogP contribution in [0.25, 0.3) is 61.5 Å². The highest BCUT2D eigenvalue weighted by Crippen LogP contribution is 2.35. The molecule has 0 N–H and O–H groups in total. The Labute approximate surface area is 214 Å². The van der Waals surface area contributed by atoms with Crippen molar-refractivity contribution in [3.63, 3.8) is 0 Å². The fourth-order valence-electron chi connectivity index (χ4n) is 4.97. The maximum atomic E-state index is 5.96. The smallest absolute Gasteiger partial charge is 0.248 e. The Balaban J connectivity index is 1.31. The number of rotatable bonds is 4. The summed E-state index contributed by atoms with van der Waals surface area (Å²) in [7, 11) is 0. The molecule has 0 bridgehead atoms. The zero-order chi connectivity index (χ0) is 24.8. The topological polar surface area (TPSA) is 43.9 Å². The van der Waals surface area contributed by atoms with Crippen LogP contribution in [-0.4, -0.2) is 14.8 Å². The molecule has 0 spiro atoms. The second kappa shape index (κ2) is 8.61. The molecular formula is C33H23N3O. The Bertz CT molecular complexity index is 1860. The SMILES string of the molecule is Cc1ccc(-c2ccc3c(c2)c2ccccc2n3-c2ccc(-c3nnc(-c4ccccc4)o3)cc2)cc1. The highest BCUT2D eigenvalue weighted by molar-refractivity contribution is 6.10. The van der Waals surface area contributed by atoms with E-state index >= 15 is 0 Å². The number of fused-ring (bicyclic) bond motifs is 3. The van der Waals surface area contributed by atoms with Crippen LogP contribution in [0.15, 0.2) is 126 Å². The first-order valence-electron chi connectivity index (χ1n) is 12.3. The minimum Gasteiger partial charge on any atom is -0.416 e. The Morgan fingerprint density at radius 2 is 1.11 bits per heavy atom. The lowest BCUT2D eigenvalue weighted by atomic mass is 10.0. The van der Waals surface area contributed by atoms with Gasteiger partial charge in [0.25, 0.3) is 0 Å². The van der Waals surface area contributed by atoms with Crippen LogP contribution in [0.3, 0.4) is 0 Å². The standard InChI is InChI=1S/C33H23N3O/c1-22-11-13-23(14-12-22)26-17-20-31-29(21-26)28-9-5-6-10-30(28)36(31)27-18-15-25(16-19-27)33-35-34-32(37-33)24-7-3-2-4-8-24/h2-21H,1H3. The molecule has 0 amide bonds. The van der Waals surface area contributed by atoms with Gasteiger partial charge in [-0.15, -0.1) is 10.2 Å². The van der Waals surface area contributed by atoms with E-state index in [0.29, 0.717) is 11.8 Å². The monoisotopic (exact) mass is 477 g/mol. The lowest BCUT2D eigenvalue weighted by Gasteiger charge is -2.09. The lowest BCUT2D eigenvalue weighted by molar-refractivity contribution is 0.584. The van der Waals surface area contributed by atoms with Gasteiger partial charge in [-0.3, -0.25) is 0 Å². The third kappa shape index (κ3) is 3.71. The van der Waals surface area contributed by atoms with E-state index < -0.39 is 0 Å². The molecule has 0 atom stereocenters. The molecule has 0 aliphatic rings. The van der Waals surface area contributed by atoms with E-state index in [2.05, 4.69) is 101 Å². The molecule has 2 heterocycles. The maximum absolute atomic E-state index is 5.96. The van der Waals surface area contributed by atoms with Gasteiger partial charge in [-0.05, 0) is 72.6 Å². The van der Waals surface area contributed by atoms with Crippen molar-refractivity contribution in [2.45, 2.75) is 6.92 Å². The average molecular weight is 478 g/mol. The summed E-state index contributed by atoms with van der Waals surface area (Å²) in [6.45, 7) is 2.12. The third-order valence-corrected chi connectivity index (χ3v) is 6.88. The number of nitrogens with zero attached hydrogens (tertiary/aromatic N) is 3. The Morgan fingerprint density at radius 1 is 0.514 bits per heavy atom. The summed E-state index contributed by atoms with van der Waals surface area (Å²) in [6, 6.07) is 42.1. The summed E-state index contributed by atoms with van der Waals surface area (Å²) in [6.07, 6.45) is 0. The highest BCUT2D eigenvalue weighted by Gasteiger charge is 2.15. The van der Waals surface area contributed by atoms with Crippen molar-refractivity contribution >= 4 is 21.8 Å². The third-order valence-electron chi connectivity index (χ3n) is 6.88. The molecule has 37 heavy (non-hydrogen) atoms. The molecule has 5 aromatic carbocycles. The van der Waals surface area contributed by atoms with Crippen molar-refractivity contribution in [3.8, 4) is 39.7 Å². The van der Waals surface area contributed by atoms with Crippen LogP contribution in [0.5, 0.6) is 0 Å². The van der Waals surface area contributed by atoms with Gasteiger partial charge < -0.3 is 8.98 Å². The van der Waals surface area contributed by atoms with Crippen LogP contribution < -0.4 is 0 Å². The van der Waals surface area contributed by atoms with Gasteiger partial charge >= 0.3 is 0 Å². The molecule has 0 saturated heterocycles. The van der Waals surface area contributed by atoms with E-state index in [1.54, 1.807) is 0 Å². The van der Waals surface area contributed by atoms with Gasteiger partial charge in [-0.2, -0.15) is 0 Å². The highest BCUT2D eigenvalue weighted by atomic mass is 16.4. The lowest BCUT2D eigenvalue weighted by Crippen LogP contribution is -1.93. The summed E-state index contributed by atoms with van der Waals surface area (Å²) in [5.74, 6) is 1.03. The minimum atomic E-state index is 0.510. The first-order chi connectivity index (χ1) is 18.2. The number of benzene rings is 5. The predicted octanol–water partition coefficient (Wildman–Crippen LogP) is 8.48. The number of hydrogen-bond donors (Lipinski definition) is 0. The number of para-hydroxylation sites is 1. The zero-order valence-electron chi connectivity index (χ0n) is 20.3. The number of aryl methyl sites for hydroxylation is 1. The fraction of sp³-hybridized carbons (Fsp3) is 0.0303. The van der Waals surface area contributed by atoms with Crippen molar-refractivity contribution in [1.82, 2.24) is 14.8 Å². The van der Waals surface area contributed by atoms with Crippen LogP contribution in [0.1, 0.15) is 5.56 Å². The first-order valence-corrected chi connectivity index (χ1v) is 12.3. The van der Waals surface area contributed by atoms with E-state index in [4.69, 9.17) is 4.42 Å². The van der Waals surface area contributed by atoms with E-state index in [-0.39, 0.29) is 0 Å². The Hall–Kier alpha value is -4.96. The normalized spacial score (nSPS) is 11.4. The van der Waals surface area contributed by atoms with Gasteiger partial charge in [0, 0.05) is 27.6 Å². The predicted molar refractivity (Wildman–Crippen MR) is 150 cm³/mol. The summed E-state index contributed by atoms with van der Waals surface area (Å²) < 4.78 is 8.28. The first kappa shape index (κ1) is 21.3. The van der Waals surface area contributed by atoms with E-state index in [1.807, 2.05) is 42.5 Å². The summed E-state index contributed by atoms with van der Waals surface area (Å²) in [5, 5.41) is 11.0. The van der Waals surface area contributed by atoms with Gasteiger partial charge in [0.15, 0.2) is 0 Å². The fourth-order valence-corrected chi connectivity index (χ4v) is 4.97. The molecule has 0 unspecified atom stereocenters. The molecule has 0 aliphatic heterocycles. The second-order valence-corrected chi connectivity index (χ2v) is 9.28. The quantitative estimate of drug-likeness (QED) is 0.255. The number of aromatic nitrogens is 3. The van der Waals surface area contributed by atoms with E-state index in [1.165, 1.54) is 38.5 Å². The van der Waals surface area contributed by atoms with Crippen LogP contribution in [-0.2, 0) is 0 Å². The van der Waals surface area contributed by atoms with Crippen LogP contribution in [0.4, 0.5) is 0 Å². The van der Waals surface area contributed by atoms with Gasteiger partial charge in [-0.25, -0.2) is 0 Å². The van der Waals surface area contributed by atoms with E-state index in [9.17, 15) is 0 Å². The molecule has 0 aliphatic carbocycles. The second-order valence-electron chi connectivity index (χ2n) is 9.28. The van der Waals surface area contributed by atoms with Gasteiger partial charge in [0.05, 0.1) is 11.0 Å². The molecule has 2 aromatic heterocycles. The van der Waals surface area contributed by atoms with Crippen LogP contribution >= 0.6 is 0 Å². The molecule has 0 saturated carbocycles. The molecule has 0 radical (unpaired) electrons. The summed E-state index contributed by atoms with van der Waals surface area (Å²) in [4.78, 5) is 0. The molecule has 4 heteroatoms. The van der Waals surface area contributed by atoms with Gasteiger partial charge in [0.2, 0.25) is 11.8 Å². The van der Waals surface area contributed by atoms with Crippen molar-refractivity contribution < 1.29 is 4.42 Å². The van der Waals surface area contributed by atoms with Gasteiger partial charge in [-0.1, -0.05) is 72.3 Å².